The van der Waals surface area contributed by atoms with Gasteiger partial charge in [-0.2, -0.15) is 0 Å². The number of hydrogen-bond acceptors (Lipinski definition) is 3. The highest BCUT2D eigenvalue weighted by atomic mass is 35.5. The fourth-order valence-electron chi connectivity index (χ4n) is 4.83. The van der Waals surface area contributed by atoms with Crippen LogP contribution in [0.2, 0.25) is 0 Å². The molecule has 1 amide bonds. The first-order chi connectivity index (χ1) is 11.7. The average molecular weight is 365 g/mol. The summed E-state index contributed by atoms with van der Waals surface area (Å²) in [4.78, 5) is 12.8. The number of nitrogens with one attached hydrogen (secondary N) is 1. The van der Waals surface area contributed by atoms with Crippen LogP contribution in [0.4, 0.5) is 0 Å². The van der Waals surface area contributed by atoms with Crippen LogP contribution in [0.3, 0.4) is 0 Å². The third-order valence-electron chi connectivity index (χ3n) is 6.11. The molecule has 3 unspecified atom stereocenters. The second-order valence-corrected chi connectivity index (χ2v) is 7.92. The van der Waals surface area contributed by atoms with Gasteiger partial charge in [0.2, 0.25) is 5.91 Å². The molecule has 0 radical (unpaired) electrons. The lowest BCUT2D eigenvalue weighted by molar-refractivity contribution is -0.127. The van der Waals surface area contributed by atoms with Gasteiger partial charge < -0.3 is 15.8 Å². The van der Waals surface area contributed by atoms with Crippen molar-refractivity contribution in [2.75, 3.05) is 0 Å². The van der Waals surface area contributed by atoms with Gasteiger partial charge in [0, 0.05) is 23.9 Å². The Bertz CT molecular complexity index is 615. The van der Waals surface area contributed by atoms with E-state index in [1.54, 1.807) is 0 Å². The lowest BCUT2D eigenvalue weighted by atomic mass is 9.83. The number of ether oxygens (including phenoxy) is 1. The summed E-state index contributed by atoms with van der Waals surface area (Å²) in [5, 5.41) is 3.34. The van der Waals surface area contributed by atoms with E-state index in [1.165, 1.54) is 12.8 Å². The zero-order chi connectivity index (χ0) is 16.6. The van der Waals surface area contributed by atoms with Crippen molar-refractivity contribution in [3.05, 3.63) is 29.8 Å². The number of fused-ring (bicyclic) bond motifs is 1. The Morgan fingerprint density at radius 3 is 2.68 bits per heavy atom. The second kappa shape index (κ2) is 7.55. The largest absolute Gasteiger partial charge is 0.487 e. The molecule has 0 aromatic heterocycles. The van der Waals surface area contributed by atoms with Crippen molar-refractivity contribution < 1.29 is 9.53 Å². The highest BCUT2D eigenvalue weighted by Gasteiger charge is 2.43. The second-order valence-electron chi connectivity index (χ2n) is 7.92. The molecule has 1 aromatic carbocycles. The van der Waals surface area contributed by atoms with E-state index >= 15 is 0 Å². The molecule has 3 atom stereocenters. The first kappa shape index (κ1) is 18.5. The summed E-state index contributed by atoms with van der Waals surface area (Å²) in [5.41, 5.74) is 7.12. The SMILES string of the molecule is Cl.NC1CCCC(C(=O)NC2CC3(CCCC3)Oc3ccccc32)C1. The van der Waals surface area contributed by atoms with Crippen molar-refractivity contribution in [2.45, 2.75) is 75.5 Å². The zero-order valence-corrected chi connectivity index (χ0v) is 15.5. The van der Waals surface area contributed by atoms with Crippen molar-refractivity contribution in [3.8, 4) is 5.75 Å². The normalized spacial score (nSPS) is 30.0. The summed E-state index contributed by atoms with van der Waals surface area (Å²) in [7, 11) is 0. The molecule has 25 heavy (non-hydrogen) atoms. The number of hydrogen-bond donors (Lipinski definition) is 2. The smallest absolute Gasteiger partial charge is 0.223 e. The fraction of sp³-hybridized carbons (Fsp3) is 0.650. The molecule has 5 heteroatoms. The molecule has 4 nitrogen and oxygen atoms in total. The first-order valence-electron chi connectivity index (χ1n) is 9.49. The molecule has 0 saturated heterocycles. The van der Waals surface area contributed by atoms with Crippen molar-refractivity contribution in [3.63, 3.8) is 0 Å². The van der Waals surface area contributed by atoms with Crippen LogP contribution >= 0.6 is 12.4 Å². The number of rotatable bonds is 2. The number of benzene rings is 1. The van der Waals surface area contributed by atoms with Crippen LogP contribution in [0.15, 0.2) is 24.3 Å². The highest BCUT2D eigenvalue weighted by Crippen LogP contribution is 2.47. The summed E-state index contributed by atoms with van der Waals surface area (Å²) in [6.45, 7) is 0. The molecule has 1 heterocycles. The number of carbonyl (C=O) groups excluding carboxylic acids is 1. The summed E-state index contributed by atoms with van der Waals surface area (Å²) < 4.78 is 6.38. The summed E-state index contributed by atoms with van der Waals surface area (Å²) >= 11 is 0. The molecule has 4 rings (SSSR count). The molecule has 1 spiro atoms. The maximum Gasteiger partial charge on any atom is 0.223 e. The number of para-hydroxylation sites is 1. The van der Waals surface area contributed by atoms with Crippen molar-refractivity contribution in [2.24, 2.45) is 11.7 Å². The lowest BCUT2D eigenvalue weighted by Crippen LogP contribution is -2.45. The number of carbonyl (C=O) groups is 1. The predicted molar refractivity (Wildman–Crippen MR) is 101 cm³/mol. The topological polar surface area (TPSA) is 64.4 Å². The minimum atomic E-state index is -0.0741. The lowest BCUT2D eigenvalue weighted by Gasteiger charge is -2.40. The van der Waals surface area contributed by atoms with Crippen LogP contribution in [0.25, 0.3) is 0 Å². The molecule has 138 valence electrons. The average Bonchev–Trinajstić information content (AvgIpc) is 3.02. The molecule has 1 aliphatic heterocycles. The van der Waals surface area contributed by atoms with Crippen molar-refractivity contribution in [1.82, 2.24) is 5.32 Å². The van der Waals surface area contributed by atoms with Gasteiger partial charge in [-0.15, -0.1) is 12.4 Å². The number of halogens is 1. The minimum absolute atomic E-state index is 0. The molecule has 3 aliphatic rings. The Morgan fingerprint density at radius 1 is 1.16 bits per heavy atom. The van der Waals surface area contributed by atoms with Crippen LogP contribution in [0.1, 0.15) is 69.4 Å². The van der Waals surface area contributed by atoms with Gasteiger partial charge >= 0.3 is 0 Å². The molecule has 3 N–H and O–H groups in total. The molecule has 2 fully saturated rings. The molecular weight excluding hydrogens is 336 g/mol. The third kappa shape index (κ3) is 3.80. The Morgan fingerprint density at radius 2 is 1.92 bits per heavy atom. The summed E-state index contributed by atoms with van der Waals surface area (Å²) in [6.07, 6.45) is 9.44. The summed E-state index contributed by atoms with van der Waals surface area (Å²) in [6, 6.07) is 8.44. The van der Waals surface area contributed by atoms with E-state index in [0.29, 0.717) is 0 Å². The van der Waals surface area contributed by atoms with Crippen LogP contribution in [-0.4, -0.2) is 17.6 Å². The van der Waals surface area contributed by atoms with E-state index in [2.05, 4.69) is 11.4 Å². The maximum absolute atomic E-state index is 12.8. The zero-order valence-electron chi connectivity index (χ0n) is 14.7. The van der Waals surface area contributed by atoms with E-state index in [1.807, 2.05) is 18.2 Å². The van der Waals surface area contributed by atoms with Crippen LogP contribution in [-0.2, 0) is 4.79 Å². The molecule has 2 saturated carbocycles. The van der Waals surface area contributed by atoms with Gasteiger partial charge in [-0.05, 0) is 51.0 Å². The minimum Gasteiger partial charge on any atom is -0.487 e. The fourth-order valence-corrected chi connectivity index (χ4v) is 4.83. The highest BCUT2D eigenvalue weighted by molar-refractivity contribution is 5.85. The van der Waals surface area contributed by atoms with Crippen LogP contribution in [0.5, 0.6) is 5.75 Å². The molecule has 0 bridgehead atoms. The van der Waals surface area contributed by atoms with Crippen molar-refractivity contribution in [1.29, 1.82) is 0 Å². The van der Waals surface area contributed by atoms with Gasteiger partial charge in [0.1, 0.15) is 11.4 Å². The third-order valence-corrected chi connectivity index (χ3v) is 6.11. The standard InChI is InChI=1S/C20H28N2O2.ClH/c21-15-7-5-6-14(12-15)19(23)22-17-13-20(10-3-4-11-20)24-18-9-2-1-8-16(17)18;/h1-2,8-9,14-15,17H,3-7,10-13,21H2,(H,22,23);1H. The van der Waals surface area contributed by atoms with Gasteiger partial charge in [-0.1, -0.05) is 24.6 Å². The Labute approximate surface area is 156 Å². The molecule has 1 aromatic rings. The van der Waals surface area contributed by atoms with Crippen molar-refractivity contribution >= 4 is 18.3 Å². The van der Waals surface area contributed by atoms with Gasteiger partial charge in [0.25, 0.3) is 0 Å². The van der Waals surface area contributed by atoms with E-state index in [9.17, 15) is 4.79 Å². The van der Waals surface area contributed by atoms with Gasteiger partial charge in [-0.3, -0.25) is 4.79 Å². The van der Waals surface area contributed by atoms with Crippen LogP contribution in [0, 0.1) is 5.92 Å². The Kier molecular flexibility index (Phi) is 5.59. The van der Waals surface area contributed by atoms with Crippen LogP contribution < -0.4 is 15.8 Å². The van der Waals surface area contributed by atoms with Gasteiger partial charge in [0.05, 0.1) is 6.04 Å². The van der Waals surface area contributed by atoms with E-state index in [-0.39, 0.29) is 41.9 Å². The Hall–Kier alpha value is -1.26. The van der Waals surface area contributed by atoms with Gasteiger partial charge in [-0.25, -0.2) is 0 Å². The predicted octanol–water partition coefficient (Wildman–Crippen LogP) is 3.88. The molecule has 2 aliphatic carbocycles. The van der Waals surface area contributed by atoms with Gasteiger partial charge in [0.15, 0.2) is 0 Å². The van der Waals surface area contributed by atoms with E-state index in [4.69, 9.17) is 10.5 Å². The monoisotopic (exact) mass is 364 g/mol. The molecular formula is C20H29ClN2O2. The van der Waals surface area contributed by atoms with E-state index in [0.717, 1.165) is 56.3 Å². The number of amides is 1. The first-order valence-corrected chi connectivity index (χ1v) is 9.49. The summed E-state index contributed by atoms with van der Waals surface area (Å²) in [5.74, 6) is 1.21. The Balaban J connectivity index is 0.00000182. The van der Waals surface area contributed by atoms with E-state index < -0.39 is 0 Å². The maximum atomic E-state index is 12.8. The number of nitrogens with two attached hydrogens (primary N) is 1. The quantitative estimate of drug-likeness (QED) is 0.837.